The fraction of sp³-hybridized carbons (Fsp3) is 0.562. The summed E-state index contributed by atoms with van der Waals surface area (Å²) in [7, 11) is 8.50. The quantitative estimate of drug-likeness (QED) is 0.235. The first-order chi connectivity index (χ1) is 19.0. The van der Waals surface area contributed by atoms with E-state index in [4.69, 9.17) is 18.9 Å². The molecule has 1 N–H and O–H groups in total. The van der Waals surface area contributed by atoms with Crippen LogP contribution in [0.2, 0.25) is 0 Å². The Bertz CT molecular complexity index is 1170. The molecule has 0 spiro atoms. The molecule has 0 aliphatic rings. The molecule has 2 aromatic rings. The van der Waals surface area contributed by atoms with E-state index in [0.717, 1.165) is 54.5 Å². The van der Waals surface area contributed by atoms with E-state index in [0.29, 0.717) is 35.8 Å². The molecular weight excluding hydrogens is 508 g/mol. The number of methoxy groups -OCH3 is 4. The standard InChI is InChI=1S/C32H46N2O6/c1-9-10-16-34(4,18-14-24-19-28(38-6)30(40-8)21-26(24)31(35)36)17-11-15-32(22-33,23(2)3)25-12-13-27(37-5)29(20-25)39-7/h12-13,19-21,23H,9-11,14-18H2,1-8H3/p+1. The Morgan fingerprint density at radius 3 is 2.02 bits per heavy atom. The Morgan fingerprint density at radius 1 is 0.925 bits per heavy atom. The zero-order valence-corrected chi connectivity index (χ0v) is 25.5. The van der Waals surface area contributed by atoms with E-state index in [9.17, 15) is 15.2 Å². The van der Waals surface area contributed by atoms with Gasteiger partial charge in [0.25, 0.3) is 0 Å². The van der Waals surface area contributed by atoms with Gasteiger partial charge in [-0.3, -0.25) is 0 Å². The molecule has 0 amide bonds. The van der Waals surface area contributed by atoms with Crippen LogP contribution >= 0.6 is 0 Å². The minimum atomic E-state index is -0.982. The number of quaternary nitrogens is 1. The maximum atomic E-state index is 12.0. The number of hydrogen-bond donors (Lipinski definition) is 1. The zero-order chi connectivity index (χ0) is 29.9. The van der Waals surface area contributed by atoms with Gasteiger partial charge in [0, 0.05) is 6.42 Å². The Kier molecular flexibility index (Phi) is 12.1. The molecule has 2 unspecified atom stereocenters. The van der Waals surface area contributed by atoms with Gasteiger partial charge in [-0.2, -0.15) is 5.26 Å². The van der Waals surface area contributed by atoms with Crippen molar-refractivity contribution in [2.45, 2.75) is 58.3 Å². The molecule has 2 aromatic carbocycles. The third-order valence-corrected chi connectivity index (χ3v) is 8.17. The lowest BCUT2D eigenvalue weighted by Gasteiger charge is -2.37. The average molecular weight is 556 g/mol. The molecule has 0 radical (unpaired) electrons. The monoisotopic (exact) mass is 555 g/mol. The summed E-state index contributed by atoms with van der Waals surface area (Å²) in [5.41, 5.74) is 1.22. The number of unbranched alkanes of at least 4 members (excludes halogenated alkanes) is 1. The normalized spacial score (nSPS) is 14.1. The highest BCUT2D eigenvalue weighted by Gasteiger charge is 2.37. The van der Waals surface area contributed by atoms with E-state index in [1.165, 1.54) is 7.11 Å². The molecule has 0 saturated carbocycles. The van der Waals surface area contributed by atoms with Crippen LogP contribution in [0, 0.1) is 17.2 Å². The highest BCUT2D eigenvalue weighted by molar-refractivity contribution is 5.90. The Hall–Kier alpha value is -3.44. The van der Waals surface area contributed by atoms with Gasteiger partial charge in [-0.1, -0.05) is 33.3 Å². The molecule has 8 heteroatoms. The number of carboxylic acid groups (broad SMARTS) is 1. The summed E-state index contributed by atoms with van der Waals surface area (Å²) in [6.07, 6.45) is 4.28. The lowest BCUT2D eigenvalue weighted by Crippen LogP contribution is -2.47. The topological polar surface area (TPSA) is 98.0 Å². The summed E-state index contributed by atoms with van der Waals surface area (Å²) < 4.78 is 22.5. The van der Waals surface area contributed by atoms with Crippen LogP contribution in [-0.4, -0.2) is 70.7 Å². The number of nitrogens with zero attached hydrogens (tertiary/aromatic N) is 2. The fourth-order valence-electron chi connectivity index (χ4n) is 5.46. The van der Waals surface area contributed by atoms with Gasteiger partial charge in [0.1, 0.15) is 0 Å². The second kappa shape index (κ2) is 14.8. The van der Waals surface area contributed by atoms with E-state index >= 15 is 0 Å². The molecule has 220 valence electrons. The lowest BCUT2D eigenvalue weighted by molar-refractivity contribution is -0.909. The number of ether oxygens (including phenoxy) is 4. The van der Waals surface area contributed by atoms with Gasteiger partial charge >= 0.3 is 5.97 Å². The van der Waals surface area contributed by atoms with E-state index < -0.39 is 11.4 Å². The van der Waals surface area contributed by atoms with Crippen molar-refractivity contribution >= 4 is 5.97 Å². The summed E-state index contributed by atoms with van der Waals surface area (Å²) >= 11 is 0. The molecule has 0 bridgehead atoms. The average Bonchev–Trinajstić information content (AvgIpc) is 2.96. The molecule has 0 aliphatic carbocycles. The molecule has 0 aromatic heterocycles. The van der Waals surface area contributed by atoms with Gasteiger partial charge in [0.05, 0.1) is 72.2 Å². The molecule has 2 atom stereocenters. The number of benzene rings is 2. The van der Waals surface area contributed by atoms with Crippen molar-refractivity contribution in [1.82, 2.24) is 0 Å². The van der Waals surface area contributed by atoms with Gasteiger partial charge in [0.15, 0.2) is 23.0 Å². The Balaban J connectivity index is 2.31. The van der Waals surface area contributed by atoms with Crippen molar-refractivity contribution in [3.05, 3.63) is 47.0 Å². The Labute approximate surface area is 240 Å². The van der Waals surface area contributed by atoms with Crippen molar-refractivity contribution in [2.75, 3.05) is 55.1 Å². The van der Waals surface area contributed by atoms with Crippen LogP contribution in [0.1, 0.15) is 67.9 Å². The largest absolute Gasteiger partial charge is 0.493 e. The van der Waals surface area contributed by atoms with Crippen molar-refractivity contribution in [2.24, 2.45) is 5.92 Å². The number of hydrogen-bond acceptors (Lipinski definition) is 6. The number of rotatable bonds is 17. The number of carbonyl (C=O) groups is 1. The van der Waals surface area contributed by atoms with Crippen LogP contribution in [0.15, 0.2) is 30.3 Å². The predicted octanol–water partition coefficient (Wildman–Crippen LogP) is 6.11. The van der Waals surface area contributed by atoms with Crippen molar-refractivity contribution in [1.29, 1.82) is 5.26 Å². The first-order valence-corrected chi connectivity index (χ1v) is 14.0. The van der Waals surface area contributed by atoms with Gasteiger partial charge in [-0.05, 0) is 60.6 Å². The number of nitriles is 1. The number of likely N-dealkylation sites (N-methyl/N-ethyl adjacent to an activating group) is 1. The van der Waals surface area contributed by atoms with Crippen molar-refractivity contribution in [3.8, 4) is 29.1 Å². The van der Waals surface area contributed by atoms with E-state index in [-0.39, 0.29) is 11.5 Å². The number of carboxylic acids is 1. The van der Waals surface area contributed by atoms with Crippen LogP contribution < -0.4 is 18.9 Å². The predicted molar refractivity (Wildman–Crippen MR) is 157 cm³/mol. The first kappa shape index (κ1) is 32.8. The minimum Gasteiger partial charge on any atom is -0.493 e. The lowest BCUT2D eigenvalue weighted by atomic mass is 9.69. The van der Waals surface area contributed by atoms with Crippen LogP contribution in [0.25, 0.3) is 0 Å². The third kappa shape index (κ3) is 7.60. The van der Waals surface area contributed by atoms with E-state index in [1.807, 2.05) is 18.2 Å². The summed E-state index contributed by atoms with van der Waals surface area (Å²) in [5.74, 6) is 1.30. The maximum absolute atomic E-state index is 12.0. The van der Waals surface area contributed by atoms with E-state index in [2.05, 4.69) is 33.9 Å². The van der Waals surface area contributed by atoms with Crippen LogP contribution in [0.3, 0.4) is 0 Å². The molecular formula is C32H47N2O6+. The first-order valence-electron chi connectivity index (χ1n) is 14.0. The van der Waals surface area contributed by atoms with Gasteiger partial charge in [-0.15, -0.1) is 0 Å². The van der Waals surface area contributed by atoms with Gasteiger partial charge in [0.2, 0.25) is 0 Å². The highest BCUT2D eigenvalue weighted by Crippen LogP contribution is 2.40. The number of aromatic carboxylic acids is 1. The highest BCUT2D eigenvalue weighted by atomic mass is 16.5. The summed E-state index contributed by atoms with van der Waals surface area (Å²) in [4.78, 5) is 12.0. The van der Waals surface area contributed by atoms with Crippen molar-refractivity contribution < 1.29 is 33.3 Å². The third-order valence-electron chi connectivity index (χ3n) is 8.17. The van der Waals surface area contributed by atoms with Crippen molar-refractivity contribution in [3.63, 3.8) is 0 Å². The summed E-state index contributed by atoms with van der Waals surface area (Å²) in [6.45, 7) is 8.99. The molecule has 0 saturated heterocycles. The summed E-state index contributed by atoms with van der Waals surface area (Å²) in [6, 6.07) is 11.7. The molecule has 0 fully saturated rings. The molecule has 0 heterocycles. The van der Waals surface area contributed by atoms with Crippen LogP contribution in [0.5, 0.6) is 23.0 Å². The molecule has 2 rings (SSSR count). The van der Waals surface area contributed by atoms with Gasteiger partial charge < -0.3 is 28.5 Å². The maximum Gasteiger partial charge on any atom is 0.336 e. The molecule has 40 heavy (non-hydrogen) atoms. The van der Waals surface area contributed by atoms with Crippen LogP contribution in [0.4, 0.5) is 0 Å². The molecule has 0 aliphatic heterocycles. The second-order valence-electron chi connectivity index (χ2n) is 11.0. The second-order valence-corrected chi connectivity index (χ2v) is 11.0. The Morgan fingerprint density at radius 2 is 1.50 bits per heavy atom. The van der Waals surface area contributed by atoms with Crippen LogP contribution in [-0.2, 0) is 11.8 Å². The fourth-order valence-corrected chi connectivity index (χ4v) is 5.46. The molecule has 8 nitrogen and oxygen atoms in total. The zero-order valence-electron chi connectivity index (χ0n) is 25.5. The smallest absolute Gasteiger partial charge is 0.336 e. The van der Waals surface area contributed by atoms with Gasteiger partial charge in [-0.25, -0.2) is 4.79 Å². The SMILES string of the molecule is CCCC[N+](C)(CCCC(C#N)(c1ccc(OC)c(OC)c1)C(C)C)CCc1cc(OC)c(OC)cc1C(=O)O. The van der Waals surface area contributed by atoms with E-state index in [1.54, 1.807) is 33.5 Å². The summed E-state index contributed by atoms with van der Waals surface area (Å²) in [5, 5.41) is 20.3. The minimum absolute atomic E-state index is 0.0925.